The fourth-order valence-corrected chi connectivity index (χ4v) is 2.98. The molecule has 1 aliphatic rings. The highest BCUT2D eigenvalue weighted by molar-refractivity contribution is 5.95. The molecular weight excluding hydrogens is 291 g/mol. The van der Waals surface area contributed by atoms with E-state index in [0.29, 0.717) is 12.1 Å². The first-order chi connectivity index (χ1) is 11.1. The molecule has 120 valence electrons. The summed E-state index contributed by atoms with van der Waals surface area (Å²) < 4.78 is 13.1. The van der Waals surface area contributed by atoms with Crippen molar-refractivity contribution in [2.45, 2.75) is 25.3 Å². The molecule has 1 aliphatic heterocycles. The Bertz CT molecular complexity index is 684. The second-order valence-electron chi connectivity index (χ2n) is 6.07. The fraction of sp³-hybridized carbons (Fsp3) is 0.316. The second-order valence-corrected chi connectivity index (χ2v) is 6.07. The van der Waals surface area contributed by atoms with E-state index in [-0.39, 0.29) is 17.8 Å². The highest BCUT2D eigenvalue weighted by Crippen LogP contribution is 2.22. The predicted molar refractivity (Wildman–Crippen MR) is 89.6 cm³/mol. The average molecular weight is 312 g/mol. The molecule has 2 aromatic rings. The van der Waals surface area contributed by atoms with Gasteiger partial charge in [-0.3, -0.25) is 4.79 Å². The van der Waals surface area contributed by atoms with Gasteiger partial charge in [0.15, 0.2) is 0 Å². The van der Waals surface area contributed by atoms with Crippen LogP contribution in [0.2, 0.25) is 0 Å². The molecule has 1 fully saturated rings. The minimum absolute atomic E-state index is 0.0445. The zero-order valence-corrected chi connectivity index (χ0v) is 13.0. The number of amides is 1. The van der Waals surface area contributed by atoms with Gasteiger partial charge in [0.2, 0.25) is 0 Å². The summed E-state index contributed by atoms with van der Waals surface area (Å²) in [5, 5.41) is 0. The SMILES string of the molecule is N[C@H]1CCCN(C(=O)c2cccc(-c3ccc(F)cc3)c2)CC1. The summed E-state index contributed by atoms with van der Waals surface area (Å²) >= 11 is 0. The molecule has 0 aliphatic carbocycles. The van der Waals surface area contributed by atoms with E-state index in [4.69, 9.17) is 5.73 Å². The molecule has 23 heavy (non-hydrogen) atoms. The van der Waals surface area contributed by atoms with Gasteiger partial charge in [-0.25, -0.2) is 4.39 Å². The quantitative estimate of drug-likeness (QED) is 0.923. The Balaban J connectivity index is 1.81. The van der Waals surface area contributed by atoms with Crippen LogP contribution in [-0.2, 0) is 0 Å². The Morgan fingerprint density at radius 1 is 1.04 bits per heavy atom. The molecule has 1 heterocycles. The van der Waals surface area contributed by atoms with Gasteiger partial charge in [-0.1, -0.05) is 24.3 Å². The van der Waals surface area contributed by atoms with Crippen molar-refractivity contribution in [3.05, 3.63) is 59.9 Å². The summed E-state index contributed by atoms with van der Waals surface area (Å²) in [7, 11) is 0. The first-order valence-corrected chi connectivity index (χ1v) is 8.04. The van der Waals surface area contributed by atoms with Crippen molar-refractivity contribution in [3.8, 4) is 11.1 Å². The molecular formula is C19H21FN2O. The first-order valence-electron chi connectivity index (χ1n) is 8.04. The van der Waals surface area contributed by atoms with Crippen molar-refractivity contribution >= 4 is 5.91 Å². The maximum atomic E-state index is 13.1. The van der Waals surface area contributed by atoms with Crippen LogP contribution < -0.4 is 5.73 Å². The monoisotopic (exact) mass is 312 g/mol. The third-order valence-corrected chi connectivity index (χ3v) is 4.35. The minimum atomic E-state index is -0.262. The highest BCUT2D eigenvalue weighted by Gasteiger charge is 2.20. The van der Waals surface area contributed by atoms with Crippen molar-refractivity contribution in [2.24, 2.45) is 5.73 Å². The van der Waals surface area contributed by atoms with Crippen LogP contribution in [0.25, 0.3) is 11.1 Å². The maximum Gasteiger partial charge on any atom is 0.253 e. The lowest BCUT2D eigenvalue weighted by atomic mass is 10.0. The fourth-order valence-electron chi connectivity index (χ4n) is 2.98. The maximum absolute atomic E-state index is 13.1. The van der Waals surface area contributed by atoms with E-state index in [1.165, 1.54) is 12.1 Å². The lowest BCUT2D eigenvalue weighted by Gasteiger charge is -2.20. The number of carbonyl (C=O) groups is 1. The van der Waals surface area contributed by atoms with E-state index >= 15 is 0 Å². The van der Waals surface area contributed by atoms with Gasteiger partial charge < -0.3 is 10.6 Å². The van der Waals surface area contributed by atoms with Crippen LogP contribution in [0.1, 0.15) is 29.6 Å². The minimum Gasteiger partial charge on any atom is -0.339 e. The number of nitrogens with two attached hydrogens (primary N) is 1. The van der Waals surface area contributed by atoms with Gasteiger partial charge in [-0.05, 0) is 54.7 Å². The lowest BCUT2D eigenvalue weighted by Crippen LogP contribution is -2.32. The zero-order chi connectivity index (χ0) is 16.2. The van der Waals surface area contributed by atoms with Crippen LogP contribution in [-0.4, -0.2) is 29.9 Å². The summed E-state index contributed by atoms with van der Waals surface area (Å²) in [6.45, 7) is 1.47. The van der Waals surface area contributed by atoms with Crippen LogP contribution in [0.15, 0.2) is 48.5 Å². The Morgan fingerprint density at radius 2 is 1.83 bits per heavy atom. The van der Waals surface area contributed by atoms with Gasteiger partial charge in [-0.2, -0.15) is 0 Å². The van der Waals surface area contributed by atoms with Crippen LogP contribution in [0.5, 0.6) is 0 Å². The summed E-state index contributed by atoms with van der Waals surface area (Å²) in [6.07, 6.45) is 2.77. The van der Waals surface area contributed by atoms with Crippen molar-refractivity contribution in [3.63, 3.8) is 0 Å². The Kier molecular flexibility index (Phi) is 4.72. The molecule has 0 radical (unpaired) electrons. The molecule has 0 bridgehead atoms. The van der Waals surface area contributed by atoms with Crippen molar-refractivity contribution < 1.29 is 9.18 Å². The van der Waals surface area contributed by atoms with Crippen molar-refractivity contribution in [2.75, 3.05) is 13.1 Å². The smallest absolute Gasteiger partial charge is 0.253 e. The summed E-state index contributed by atoms with van der Waals surface area (Å²) in [6, 6.07) is 14.0. The molecule has 2 aromatic carbocycles. The zero-order valence-electron chi connectivity index (χ0n) is 13.0. The number of rotatable bonds is 2. The summed E-state index contributed by atoms with van der Waals surface area (Å²) in [4.78, 5) is 14.6. The molecule has 0 saturated carbocycles. The van der Waals surface area contributed by atoms with Gasteiger partial charge in [-0.15, -0.1) is 0 Å². The van der Waals surface area contributed by atoms with Gasteiger partial charge in [0.05, 0.1) is 0 Å². The van der Waals surface area contributed by atoms with E-state index in [1.54, 1.807) is 12.1 Å². The Labute approximate surface area is 135 Å². The number of hydrogen-bond acceptors (Lipinski definition) is 2. The van der Waals surface area contributed by atoms with Gasteiger partial charge in [0.25, 0.3) is 5.91 Å². The van der Waals surface area contributed by atoms with Crippen molar-refractivity contribution in [1.29, 1.82) is 0 Å². The molecule has 1 saturated heterocycles. The summed E-state index contributed by atoms with van der Waals surface area (Å²) in [5.41, 5.74) is 8.47. The summed E-state index contributed by atoms with van der Waals surface area (Å²) in [5.74, 6) is -0.218. The van der Waals surface area contributed by atoms with Crippen LogP contribution in [0.3, 0.4) is 0 Å². The van der Waals surface area contributed by atoms with Crippen molar-refractivity contribution in [1.82, 2.24) is 4.90 Å². The van der Waals surface area contributed by atoms with Gasteiger partial charge in [0, 0.05) is 24.7 Å². The molecule has 3 nitrogen and oxygen atoms in total. The number of carbonyl (C=O) groups excluding carboxylic acids is 1. The molecule has 1 amide bonds. The molecule has 1 atom stereocenters. The van der Waals surface area contributed by atoms with Crippen LogP contribution in [0.4, 0.5) is 4.39 Å². The number of likely N-dealkylation sites (tertiary alicyclic amines) is 1. The Hall–Kier alpha value is -2.20. The first kappa shape index (κ1) is 15.7. The van der Waals surface area contributed by atoms with E-state index in [1.807, 2.05) is 29.2 Å². The molecule has 4 heteroatoms. The van der Waals surface area contributed by atoms with E-state index < -0.39 is 0 Å². The molecule has 0 unspecified atom stereocenters. The number of nitrogens with zero attached hydrogens (tertiary/aromatic N) is 1. The number of halogens is 1. The Morgan fingerprint density at radius 3 is 2.61 bits per heavy atom. The number of benzene rings is 2. The normalized spacial score (nSPS) is 18.5. The predicted octanol–water partition coefficient (Wildman–Crippen LogP) is 3.45. The standard InChI is InChI=1S/C19H21FN2O/c20-17-8-6-14(7-9-17)15-3-1-4-16(13-15)19(23)22-11-2-5-18(21)10-12-22/h1,3-4,6-9,13,18H,2,5,10-12,21H2/t18-/m0/s1. The molecule has 0 spiro atoms. The number of hydrogen-bond donors (Lipinski definition) is 1. The molecule has 0 aromatic heterocycles. The van der Waals surface area contributed by atoms with Crippen LogP contribution >= 0.6 is 0 Å². The van der Waals surface area contributed by atoms with E-state index in [9.17, 15) is 9.18 Å². The van der Waals surface area contributed by atoms with Crippen LogP contribution in [0, 0.1) is 5.82 Å². The topological polar surface area (TPSA) is 46.3 Å². The van der Waals surface area contributed by atoms with E-state index in [2.05, 4.69) is 0 Å². The second kappa shape index (κ2) is 6.92. The highest BCUT2D eigenvalue weighted by atomic mass is 19.1. The van der Waals surface area contributed by atoms with Gasteiger partial charge in [0.1, 0.15) is 5.82 Å². The average Bonchev–Trinajstić information content (AvgIpc) is 2.79. The third kappa shape index (κ3) is 3.77. The van der Waals surface area contributed by atoms with E-state index in [0.717, 1.165) is 36.9 Å². The lowest BCUT2D eigenvalue weighted by molar-refractivity contribution is 0.0761. The molecule has 3 rings (SSSR count). The largest absolute Gasteiger partial charge is 0.339 e. The molecule has 2 N–H and O–H groups in total. The van der Waals surface area contributed by atoms with Gasteiger partial charge >= 0.3 is 0 Å². The third-order valence-electron chi connectivity index (χ3n) is 4.35.